The molecule has 0 radical (unpaired) electrons. The lowest BCUT2D eigenvalue weighted by atomic mass is 10.1. The molecule has 196 valence electrons. The average molecular weight is 546 g/mol. The first-order valence-electron chi connectivity index (χ1n) is 11.9. The van der Waals surface area contributed by atoms with Gasteiger partial charge in [-0.3, -0.25) is 0 Å². The lowest BCUT2D eigenvalue weighted by Crippen LogP contribution is -2.46. The van der Waals surface area contributed by atoms with Crippen LogP contribution < -0.4 is 15.0 Å². The van der Waals surface area contributed by atoms with Gasteiger partial charge in [0, 0.05) is 40.8 Å². The van der Waals surface area contributed by atoms with E-state index in [0.29, 0.717) is 51.7 Å². The van der Waals surface area contributed by atoms with E-state index in [-0.39, 0.29) is 18.5 Å². The fourth-order valence-electron chi connectivity index (χ4n) is 3.90. The van der Waals surface area contributed by atoms with Crippen LogP contribution in [0.25, 0.3) is 11.3 Å². The molecule has 2 N–H and O–H groups in total. The highest BCUT2D eigenvalue weighted by molar-refractivity contribution is 6.35. The predicted molar refractivity (Wildman–Crippen MR) is 142 cm³/mol. The fourth-order valence-corrected chi connectivity index (χ4v) is 4.42. The summed E-state index contributed by atoms with van der Waals surface area (Å²) in [5.41, 5.74) is 1.36. The van der Waals surface area contributed by atoms with E-state index in [1.807, 2.05) is 20.8 Å². The van der Waals surface area contributed by atoms with Crippen molar-refractivity contribution in [3.8, 4) is 22.9 Å². The smallest absolute Gasteiger partial charge is 0.407 e. The number of ether oxygens (including phenoxy) is 2. The molecule has 1 fully saturated rings. The molecule has 37 heavy (non-hydrogen) atoms. The Hall–Kier alpha value is -3.14. The molecule has 0 saturated carbocycles. The van der Waals surface area contributed by atoms with E-state index in [2.05, 4.69) is 25.2 Å². The Bertz CT molecular complexity index is 1220. The van der Waals surface area contributed by atoms with Gasteiger partial charge in [0.1, 0.15) is 5.60 Å². The first kappa shape index (κ1) is 26.9. The summed E-state index contributed by atoms with van der Waals surface area (Å²) in [6, 6.07) is 8.55. The standard InChI is InChI=1S/C26H29Cl2N5O4/c1-26(2,3)37-25(35)31-20-4-6-33(7-5-20)24-29-13-21(14-30-24)36-23-9-16(15-34)8-22(32-23)17-10-18(27)12-19(28)11-17/h8-14,20,34H,4-7,15H2,1-3H3,(H,31,35). The Morgan fingerprint density at radius 1 is 1.08 bits per heavy atom. The highest BCUT2D eigenvalue weighted by Gasteiger charge is 2.24. The highest BCUT2D eigenvalue weighted by atomic mass is 35.5. The molecule has 4 rings (SSSR count). The second-order valence-corrected chi connectivity index (χ2v) is 10.6. The molecule has 1 amide bonds. The fraction of sp³-hybridized carbons (Fsp3) is 0.385. The van der Waals surface area contributed by atoms with E-state index in [1.54, 1.807) is 42.7 Å². The van der Waals surface area contributed by atoms with Gasteiger partial charge in [-0.25, -0.2) is 19.7 Å². The number of alkyl carbamates (subject to hydrolysis) is 1. The Labute approximate surface area is 225 Å². The number of aliphatic hydroxyl groups is 1. The van der Waals surface area contributed by atoms with Crippen molar-refractivity contribution in [2.24, 2.45) is 0 Å². The first-order valence-corrected chi connectivity index (χ1v) is 12.7. The largest absolute Gasteiger partial charge is 0.444 e. The van der Waals surface area contributed by atoms with Gasteiger partial charge in [-0.05, 0) is 63.4 Å². The maximum atomic E-state index is 12.0. The monoisotopic (exact) mass is 545 g/mol. The summed E-state index contributed by atoms with van der Waals surface area (Å²) in [4.78, 5) is 27.5. The van der Waals surface area contributed by atoms with Gasteiger partial charge in [0.05, 0.1) is 24.7 Å². The number of nitrogens with one attached hydrogen (secondary N) is 1. The van der Waals surface area contributed by atoms with Crippen molar-refractivity contribution in [3.05, 3.63) is 58.3 Å². The van der Waals surface area contributed by atoms with Crippen LogP contribution in [-0.2, 0) is 11.3 Å². The zero-order valence-electron chi connectivity index (χ0n) is 20.9. The van der Waals surface area contributed by atoms with E-state index in [9.17, 15) is 9.90 Å². The number of pyridine rings is 1. The maximum Gasteiger partial charge on any atom is 0.407 e. The van der Waals surface area contributed by atoms with Gasteiger partial charge >= 0.3 is 6.09 Å². The molecular formula is C26H29Cl2N5O4. The van der Waals surface area contributed by atoms with E-state index >= 15 is 0 Å². The van der Waals surface area contributed by atoms with Gasteiger partial charge in [0.2, 0.25) is 11.8 Å². The lowest BCUT2D eigenvalue weighted by Gasteiger charge is -2.32. The molecule has 11 heteroatoms. The number of carbonyl (C=O) groups is 1. The third-order valence-electron chi connectivity index (χ3n) is 5.54. The van der Waals surface area contributed by atoms with Crippen molar-refractivity contribution >= 4 is 35.2 Å². The van der Waals surface area contributed by atoms with Gasteiger partial charge in [0.15, 0.2) is 5.75 Å². The summed E-state index contributed by atoms with van der Waals surface area (Å²) in [7, 11) is 0. The topological polar surface area (TPSA) is 110 Å². The lowest BCUT2D eigenvalue weighted by molar-refractivity contribution is 0.0497. The van der Waals surface area contributed by atoms with Crippen LogP contribution in [0.5, 0.6) is 11.6 Å². The normalized spacial score (nSPS) is 14.4. The van der Waals surface area contributed by atoms with Crippen LogP contribution in [0.3, 0.4) is 0 Å². The molecule has 1 aliphatic rings. The number of benzene rings is 1. The number of nitrogens with zero attached hydrogens (tertiary/aromatic N) is 4. The van der Waals surface area contributed by atoms with E-state index < -0.39 is 11.7 Å². The van der Waals surface area contributed by atoms with Gasteiger partial charge in [-0.1, -0.05) is 23.2 Å². The third-order valence-corrected chi connectivity index (χ3v) is 5.97. The van der Waals surface area contributed by atoms with Gasteiger partial charge in [-0.15, -0.1) is 0 Å². The van der Waals surface area contributed by atoms with Crippen molar-refractivity contribution in [3.63, 3.8) is 0 Å². The number of anilines is 1. The molecule has 0 spiro atoms. The Morgan fingerprint density at radius 3 is 2.32 bits per heavy atom. The summed E-state index contributed by atoms with van der Waals surface area (Å²) >= 11 is 12.3. The first-order chi connectivity index (χ1) is 17.6. The molecule has 3 aromatic rings. The number of aliphatic hydroxyl groups excluding tert-OH is 1. The highest BCUT2D eigenvalue weighted by Crippen LogP contribution is 2.30. The van der Waals surface area contributed by atoms with E-state index in [0.717, 1.165) is 12.8 Å². The van der Waals surface area contributed by atoms with Crippen LogP contribution in [0, 0.1) is 0 Å². The number of hydrogen-bond acceptors (Lipinski definition) is 8. The number of halogens is 2. The van der Waals surface area contributed by atoms with Gasteiger partial charge in [-0.2, -0.15) is 0 Å². The number of hydrogen-bond donors (Lipinski definition) is 2. The SMILES string of the molecule is CC(C)(C)OC(=O)NC1CCN(c2ncc(Oc3cc(CO)cc(-c4cc(Cl)cc(Cl)c4)n3)cn2)CC1. The summed E-state index contributed by atoms with van der Waals surface area (Å²) in [5.74, 6) is 1.26. The number of aromatic nitrogens is 3. The zero-order chi connectivity index (χ0) is 26.6. The minimum atomic E-state index is -0.526. The predicted octanol–water partition coefficient (Wildman–Crippen LogP) is 5.62. The second-order valence-electron chi connectivity index (χ2n) is 9.74. The summed E-state index contributed by atoms with van der Waals surface area (Å²) < 4.78 is 11.2. The maximum absolute atomic E-state index is 12.0. The number of rotatable bonds is 6. The van der Waals surface area contributed by atoms with Crippen molar-refractivity contribution in [1.82, 2.24) is 20.3 Å². The molecule has 3 heterocycles. The molecule has 1 aliphatic heterocycles. The molecule has 0 unspecified atom stereocenters. The molecule has 1 saturated heterocycles. The van der Waals surface area contributed by atoms with Crippen LogP contribution in [0.2, 0.25) is 10.0 Å². The minimum absolute atomic E-state index is 0.0437. The number of carbonyl (C=O) groups excluding carboxylic acids is 1. The number of amides is 1. The Balaban J connectivity index is 1.39. The van der Waals surface area contributed by atoms with Crippen molar-refractivity contribution in [1.29, 1.82) is 0 Å². The van der Waals surface area contributed by atoms with Crippen LogP contribution >= 0.6 is 23.2 Å². The average Bonchev–Trinajstić information content (AvgIpc) is 2.83. The van der Waals surface area contributed by atoms with Crippen molar-refractivity contribution in [2.45, 2.75) is 51.9 Å². The molecule has 9 nitrogen and oxygen atoms in total. The second kappa shape index (κ2) is 11.5. The van der Waals surface area contributed by atoms with Gasteiger partial charge < -0.3 is 24.8 Å². The molecule has 2 aromatic heterocycles. The number of piperidine rings is 1. The summed E-state index contributed by atoms with van der Waals surface area (Å²) in [5, 5.41) is 13.6. The quantitative estimate of drug-likeness (QED) is 0.410. The van der Waals surface area contributed by atoms with Gasteiger partial charge in [0.25, 0.3) is 0 Å². The van der Waals surface area contributed by atoms with Crippen LogP contribution in [0.4, 0.5) is 10.7 Å². The van der Waals surface area contributed by atoms with E-state index in [4.69, 9.17) is 32.7 Å². The van der Waals surface area contributed by atoms with Crippen molar-refractivity contribution in [2.75, 3.05) is 18.0 Å². The molecule has 0 aliphatic carbocycles. The summed E-state index contributed by atoms with van der Waals surface area (Å²) in [6.45, 7) is 6.74. The molecular weight excluding hydrogens is 517 g/mol. The summed E-state index contributed by atoms with van der Waals surface area (Å²) in [6.07, 6.45) is 4.28. The molecule has 0 atom stereocenters. The third kappa shape index (κ3) is 7.67. The van der Waals surface area contributed by atoms with Crippen LogP contribution in [-0.4, -0.2) is 50.9 Å². The van der Waals surface area contributed by atoms with Crippen LogP contribution in [0.1, 0.15) is 39.2 Å². The molecule has 1 aromatic carbocycles. The van der Waals surface area contributed by atoms with Crippen LogP contribution in [0.15, 0.2) is 42.7 Å². The Kier molecular flexibility index (Phi) is 8.36. The van der Waals surface area contributed by atoms with Crippen molar-refractivity contribution < 1.29 is 19.4 Å². The van der Waals surface area contributed by atoms with E-state index in [1.165, 1.54) is 0 Å². The minimum Gasteiger partial charge on any atom is -0.444 e. The zero-order valence-corrected chi connectivity index (χ0v) is 22.4. The Morgan fingerprint density at radius 2 is 1.73 bits per heavy atom. The molecule has 0 bridgehead atoms.